The molecule has 25 heavy (non-hydrogen) atoms. The molecule has 2 heteroatoms. The number of unbranched alkanes of at least 4 members (excludes halogenated alkanes) is 9. The van der Waals surface area contributed by atoms with Gasteiger partial charge in [0.15, 0.2) is 0 Å². The van der Waals surface area contributed by atoms with E-state index in [0.29, 0.717) is 0 Å². The van der Waals surface area contributed by atoms with Crippen molar-refractivity contribution in [2.24, 2.45) is 0 Å². The Morgan fingerprint density at radius 2 is 1.32 bits per heavy atom. The summed E-state index contributed by atoms with van der Waals surface area (Å²) in [5, 5.41) is 9.50. The minimum atomic E-state index is -0.0351. The van der Waals surface area contributed by atoms with E-state index in [-0.39, 0.29) is 6.10 Å². The first kappa shape index (κ1) is 22.4. The van der Waals surface area contributed by atoms with E-state index in [1.165, 1.54) is 77.2 Å². The zero-order valence-corrected chi connectivity index (χ0v) is 16.8. The Balaban J connectivity index is 1.77. The molecule has 0 saturated carbocycles. The number of piperidine rings is 1. The van der Waals surface area contributed by atoms with Gasteiger partial charge < -0.3 is 10.0 Å². The maximum Gasteiger partial charge on any atom is 0.0564 e. The summed E-state index contributed by atoms with van der Waals surface area (Å²) in [5.41, 5.74) is 0. The van der Waals surface area contributed by atoms with Crippen molar-refractivity contribution in [1.29, 1.82) is 0 Å². The number of hydrogen-bond donors (Lipinski definition) is 1. The summed E-state index contributed by atoms with van der Waals surface area (Å²) in [4.78, 5) is 2.52. The van der Waals surface area contributed by atoms with Crippen molar-refractivity contribution < 1.29 is 5.11 Å². The zero-order chi connectivity index (χ0) is 18.0. The fourth-order valence-electron chi connectivity index (χ4n) is 3.47. The van der Waals surface area contributed by atoms with Crippen molar-refractivity contribution in [2.75, 3.05) is 19.6 Å². The highest BCUT2D eigenvalue weighted by atomic mass is 16.3. The summed E-state index contributed by atoms with van der Waals surface area (Å²) in [5.74, 6) is 0. The number of aliphatic hydroxyl groups is 1. The number of nitrogens with zero attached hydrogens (tertiary/aromatic N) is 1. The lowest BCUT2D eigenvalue weighted by Crippen LogP contribution is -2.36. The fourth-order valence-corrected chi connectivity index (χ4v) is 3.47. The predicted molar refractivity (Wildman–Crippen MR) is 111 cm³/mol. The van der Waals surface area contributed by atoms with Gasteiger partial charge in [-0.1, -0.05) is 69.8 Å². The van der Waals surface area contributed by atoms with Gasteiger partial charge >= 0.3 is 0 Å². The molecule has 1 saturated heterocycles. The minimum absolute atomic E-state index is 0.0351. The van der Waals surface area contributed by atoms with Crippen LogP contribution in [0.1, 0.15) is 96.8 Å². The molecule has 1 N–H and O–H groups in total. The largest absolute Gasteiger partial charge is 0.393 e. The van der Waals surface area contributed by atoms with Crippen molar-refractivity contribution >= 4 is 0 Å². The van der Waals surface area contributed by atoms with E-state index < -0.39 is 0 Å². The van der Waals surface area contributed by atoms with E-state index in [1.54, 1.807) is 0 Å². The fraction of sp³-hybridized carbons (Fsp3) is 0.826. The lowest BCUT2D eigenvalue weighted by atomic mass is 10.1. The standard InChI is InChI=1S/C23H43NO/c1-2-3-4-5-6-7-8-9-10-11-12-13-14-15-16-17-20-24-21-18-23(25)19-22-24/h6-7,9-10,23,25H,2-5,8,11-22H2,1H3/b7-6+,10-9+. The molecule has 1 rings (SSSR count). The summed E-state index contributed by atoms with van der Waals surface area (Å²) in [6.07, 6.45) is 27.1. The maximum atomic E-state index is 9.50. The second-order valence-electron chi connectivity index (χ2n) is 7.66. The Morgan fingerprint density at radius 1 is 0.760 bits per heavy atom. The molecule has 0 spiro atoms. The van der Waals surface area contributed by atoms with Gasteiger partial charge in [0.05, 0.1) is 6.10 Å². The van der Waals surface area contributed by atoms with E-state index in [2.05, 4.69) is 36.1 Å². The minimum Gasteiger partial charge on any atom is -0.393 e. The number of hydrogen-bond acceptors (Lipinski definition) is 2. The van der Waals surface area contributed by atoms with Crippen LogP contribution in [-0.2, 0) is 0 Å². The molecule has 1 aliphatic rings. The summed E-state index contributed by atoms with van der Waals surface area (Å²) in [6, 6.07) is 0. The van der Waals surface area contributed by atoms with Gasteiger partial charge in [0.25, 0.3) is 0 Å². The first-order valence-corrected chi connectivity index (χ1v) is 11.0. The lowest BCUT2D eigenvalue weighted by Gasteiger charge is -2.29. The molecule has 0 atom stereocenters. The zero-order valence-electron chi connectivity index (χ0n) is 16.8. The van der Waals surface area contributed by atoms with E-state index >= 15 is 0 Å². The van der Waals surface area contributed by atoms with Crippen molar-refractivity contribution in [2.45, 2.75) is 103 Å². The summed E-state index contributed by atoms with van der Waals surface area (Å²) >= 11 is 0. The van der Waals surface area contributed by atoms with Crippen molar-refractivity contribution in [3.05, 3.63) is 24.3 Å². The Kier molecular flexibility index (Phi) is 15.1. The second kappa shape index (κ2) is 16.8. The first-order valence-electron chi connectivity index (χ1n) is 11.0. The quantitative estimate of drug-likeness (QED) is 0.279. The Hall–Kier alpha value is -0.600. The summed E-state index contributed by atoms with van der Waals surface area (Å²) in [6.45, 7) is 5.69. The average Bonchev–Trinajstić information content (AvgIpc) is 2.63. The van der Waals surface area contributed by atoms with Crippen LogP contribution in [0.3, 0.4) is 0 Å². The molecule has 146 valence electrons. The van der Waals surface area contributed by atoms with Crippen LogP contribution in [0.2, 0.25) is 0 Å². The number of rotatable bonds is 15. The maximum absolute atomic E-state index is 9.50. The third-order valence-electron chi connectivity index (χ3n) is 5.23. The van der Waals surface area contributed by atoms with E-state index in [4.69, 9.17) is 0 Å². The monoisotopic (exact) mass is 349 g/mol. The van der Waals surface area contributed by atoms with E-state index in [0.717, 1.165) is 32.4 Å². The molecule has 0 aliphatic carbocycles. The third kappa shape index (κ3) is 14.3. The van der Waals surface area contributed by atoms with Gasteiger partial charge in [0.2, 0.25) is 0 Å². The highest BCUT2D eigenvalue weighted by Gasteiger charge is 2.15. The number of likely N-dealkylation sites (tertiary alicyclic amines) is 1. The highest BCUT2D eigenvalue weighted by Crippen LogP contribution is 2.12. The molecule has 0 aromatic heterocycles. The van der Waals surface area contributed by atoms with Crippen molar-refractivity contribution in [3.8, 4) is 0 Å². The van der Waals surface area contributed by atoms with Crippen LogP contribution < -0.4 is 0 Å². The van der Waals surface area contributed by atoms with E-state index in [9.17, 15) is 5.11 Å². The van der Waals surface area contributed by atoms with Gasteiger partial charge in [-0.15, -0.1) is 0 Å². The third-order valence-corrected chi connectivity index (χ3v) is 5.23. The van der Waals surface area contributed by atoms with Crippen molar-refractivity contribution in [1.82, 2.24) is 4.90 Å². The SMILES string of the molecule is CCCCC/C=C/C/C=C/CCCCCCCCN1CCC(O)CC1. The second-order valence-corrected chi connectivity index (χ2v) is 7.66. The van der Waals surface area contributed by atoms with Gasteiger partial charge in [-0.05, 0) is 57.9 Å². The summed E-state index contributed by atoms with van der Waals surface area (Å²) in [7, 11) is 0. The molecule has 1 aliphatic heterocycles. The molecule has 0 unspecified atom stereocenters. The van der Waals surface area contributed by atoms with Crippen LogP contribution in [0.15, 0.2) is 24.3 Å². The molecular formula is C23H43NO. The smallest absolute Gasteiger partial charge is 0.0564 e. The van der Waals surface area contributed by atoms with Gasteiger partial charge in [0, 0.05) is 13.1 Å². The normalized spacial score (nSPS) is 17.2. The van der Waals surface area contributed by atoms with Gasteiger partial charge in [-0.25, -0.2) is 0 Å². The van der Waals surface area contributed by atoms with Crippen LogP contribution in [0, 0.1) is 0 Å². The van der Waals surface area contributed by atoms with Crippen LogP contribution in [0.5, 0.6) is 0 Å². The van der Waals surface area contributed by atoms with Gasteiger partial charge in [-0.3, -0.25) is 0 Å². The lowest BCUT2D eigenvalue weighted by molar-refractivity contribution is 0.0817. The Morgan fingerprint density at radius 3 is 1.96 bits per heavy atom. The summed E-state index contributed by atoms with van der Waals surface area (Å²) < 4.78 is 0. The van der Waals surface area contributed by atoms with Crippen LogP contribution in [0.25, 0.3) is 0 Å². The average molecular weight is 350 g/mol. The van der Waals surface area contributed by atoms with Crippen LogP contribution in [0.4, 0.5) is 0 Å². The Labute approximate surface area is 157 Å². The van der Waals surface area contributed by atoms with Crippen LogP contribution >= 0.6 is 0 Å². The first-order chi connectivity index (χ1) is 12.3. The molecule has 0 aromatic carbocycles. The topological polar surface area (TPSA) is 23.5 Å². The van der Waals surface area contributed by atoms with Gasteiger partial charge in [0.1, 0.15) is 0 Å². The molecule has 0 radical (unpaired) electrons. The van der Waals surface area contributed by atoms with Crippen LogP contribution in [-0.4, -0.2) is 35.7 Å². The molecule has 2 nitrogen and oxygen atoms in total. The molecule has 0 aromatic rings. The molecule has 1 fully saturated rings. The van der Waals surface area contributed by atoms with E-state index in [1.807, 2.05) is 0 Å². The molecule has 1 heterocycles. The predicted octanol–water partition coefficient (Wildman–Crippen LogP) is 6.26. The van der Waals surface area contributed by atoms with Gasteiger partial charge in [-0.2, -0.15) is 0 Å². The molecule has 0 amide bonds. The molecule has 0 bridgehead atoms. The highest BCUT2D eigenvalue weighted by molar-refractivity contribution is 4.92. The molecular weight excluding hydrogens is 306 g/mol. The number of allylic oxidation sites excluding steroid dienone is 4. The van der Waals surface area contributed by atoms with Crippen molar-refractivity contribution in [3.63, 3.8) is 0 Å². The Bertz CT molecular complexity index is 329. The number of aliphatic hydroxyl groups excluding tert-OH is 1.